The van der Waals surface area contributed by atoms with Crippen LogP contribution in [0.3, 0.4) is 0 Å². The van der Waals surface area contributed by atoms with E-state index < -0.39 is 0 Å². The molecule has 18 heavy (non-hydrogen) atoms. The van der Waals surface area contributed by atoms with E-state index >= 15 is 0 Å². The van der Waals surface area contributed by atoms with Crippen LogP contribution >= 0.6 is 0 Å². The van der Waals surface area contributed by atoms with Gasteiger partial charge in [0.05, 0.1) is 6.61 Å². The van der Waals surface area contributed by atoms with E-state index in [2.05, 4.69) is 30.9 Å². The number of anilines is 1. The SMILES string of the molecule is CCC1CCCN(c2ccc(CO)cc2C)CC1. The van der Waals surface area contributed by atoms with Gasteiger partial charge in [0.15, 0.2) is 0 Å². The first-order chi connectivity index (χ1) is 8.74. The van der Waals surface area contributed by atoms with Gasteiger partial charge in [0, 0.05) is 18.8 Å². The Kier molecular flexibility index (Phi) is 4.65. The first-order valence-corrected chi connectivity index (χ1v) is 7.20. The summed E-state index contributed by atoms with van der Waals surface area (Å²) in [6.07, 6.45) is 5.31. The molecule has 1 saturated heterocycles. The number of hydrogen-bond donors (Lipinski definition) is 1. The highest BCUT2D eigenvalue weighted by molar-refractivity contribution is 5.54. The van der Waals surface area contributed by atoms with Gasteiger partial charge in [-0.25, -0.2) is 0 Å². The normalized spacial score (nSPS) is 20.8. The third kappa shape index (κ3) is 3.05. The van der Waals surface area contributed by atoms with E-state index in [9.17, 15) is 0 Å². The Bertz CT molecular complexity index is 389. The lowest BCUT2D eigenvalue weighted by Gasteiger charge is -2.25. The van der Waals surface area contributed by atoms with Crippen LogP contribution in [0.2, 0.25) is 0 Å². The van der Waals surface area contributed by atoms with E-state index in [1.54, 1.807) is 0 Å². The molecule has 1 fully saturated rings. The van der Waals surface area contributed by atoms with Crippen molar-refractivity contribution in [2.45, 2.75) is 46.1 Å². The summed E-state index contributed by atoms with van der Waals surface area (Å²) in [5.41, 5.74) is 3.65. The monoisotopic (exact) mass is 247 g/mol. The van der Waals surface area contributed by atoms with Crippen LogP contribution in [0.4, 0.5) is 5.69 Å². The molecule has 100 valence electrons. The van der Waals surface area contributed by atoms with Gasteiger partial charge in [-0.05, 0) is 49.3 Å². The predicted molar refractivity (Wildman–Crippen MR) is 76.9 cm³/mol. The van der Waals surface area contributed by atoms with Crippen LogP contribution in [0, 0.1) is 12.8 Å². The van der Waals surface area contributed by atoms with Gasteiger partial charge < -0.3 is 10.0 Å². The maximum Gasteiger partial charge on any atom is 0.0681 e. The van der Waals surface area contributed by atoms with Crippen LogP contribution in [0.5, 0.6) is 0 Å². The fourth-order valence-corrected chi connectivity index (χ4v) is 2.99. The highest BCUT2D eigenvalue weighted by Crippen LogP contribution is 2.27. The summed E-state index contributed by atoms with van der Waals surface area (Å²) >= 11 is 0. The smallest absolute Gasteiger partial charge is 0.0681 e. The molecule has 0 aliphatic carbocycles. The van der Waals surface area contributed by atoms with Crippen molar-refractivity contribution in [1.29, 1.82) is 0 Å². The van der Waals surface area contributed by atoms with Crippen LogP contribution < -0.4 is 4.90 Å². The van der Waals surface area contributed by atoms with Crippen molar-refractivity contribution in [1.82, 2.24) is 0 Å². The summed E-state index contributed by atoms with van der Waals surface area (Å²) in [5, 5.41) is 9.16. The standard InChI is InChI=1S/C16H25NO/c1-3-14-5-4-9-17(10-8-14)16-7-6-15(12-18)11-13(16)2/h6-7,11,14,18H,3-5,8-10,12H2,1-2H3. The van der Waals surface area contributed by atoms with Gasteiger partial charge in [0.1, 0.15) is 0 Å². The van der Waals surface area contributed by atoms with Crippen LogP contribution in [-0.2, 0) is 6.61 Å². The molecule has 0 saturated carbocycles. The second kappa shape index (κ2) is 6.24. The molecule has 0 amide bonds. The molecule has 0 radical (unpaired) electrons. The number of aliphatic hydroxyl groups is 1. The van der Waals surface area contributed by atoms with Gasteiger partial charge in [-0.1, -0.05) is 25.5 Å². The minimum atomic E-state index is 0.138. The van der Waals surface area contributed by atoms with Gasteiger partial charge in [0.25, 0.3) is 0 Å². The molecule has 1 aliphatic rings. The lowest BCUT2D eigenvalue weighted by atomic mass is 9.98. The number of nitrogens with zero attached hydrogens (tertiary/aromatic N) is 1. The third-order valence-corrected chi connectivity index (χ3v) is 4.21. The predicted octanol–water partition coefficient (Wildman–Crippen LogP) is 3.50. The Morgan fingerprint density at radius 3 is 2.78 bits per heavy atom. The van der Waals surface area contributed by atoms with Crippen molar-refractivity contribution in [2.75, 3.05) is 18.0 Å². The molecular weight excluding hydrogens is 222 g/mol. The molecule has 1 N–H and O–H groups in total. The Hall–Kier alpha value is -1.02. The Morgan fingerprint density at radius 1 is 1.28 bits per heavy atom. The zero-order valence-corrected chi connectivity index (χ0v) is 11.7. The van der Waals surface area contributed by atoms with E-state index in [0.29, 0.717) is 0 Å². The lowest BCUT2D eigenvalue weighted by molar-refractivity contribution is 0.282. The summed E-state index contributed by atoms with van der Waals surface area (Å²) in [4.78, 5) is 2.52. The fraction of sp³-hybridized carbons (Fsp3) is 0.625. The summed E-state index contributed by atoms with van der Waals surface area (Å²) in [5.74, 6) is 0.909. The molecule has 1 heterocycles. The average Bonchev–Trinajstić information content (AvgIpc) is 2.63. The van der Waals surface area contributed by atoms with Crippen molar-refractivity contribution in [3.8, 4) is 0 Å². The average molecular weight is 247 g/mol. The number of hydrogen-bond acceptors (Lipinski definition) is 2. The van der Waals surface area contributed by atoms with Crippen LogP contribution in [0.1, 0.15) is 43.7 Å². The van der Waals surface area contributed by atoms with Crippen LogP contribution in [0.25, 0.3) is 0 Å². The van der Waals surface area contributed by atoms with E-state index in [1.165, 1.54) is 50.0 Å². The molecule has 0 spiro atoms. The van der Waals surface area contributed by atoms with Crippen molar-refractivity contribution in [3.05, 3.63) is 29.3 Å². The van der Waals surface area contributed by atoms with E-state index in [1.807, 2.05) is 6.07 Å². The number of aliphatic hydroxyl groups excluding tert-OH is 1. The zero-order chi connectivity index (χ0) is 13.0. The first-order valence-electron chi connectivity index (χ1n) is 7.20. The molecule has 2 nitrogen and oxygen atoms in total. The van der Waals surface area contributed by atoms with Crippen molar-refractivity contribution < 1.29 is 5.11 Å². The number of benzene rings is 1. The minimum absolute atomic E-state index is 0.138. The molecule has 1 aliphatic heterocycles. The molecule has 1 aromatic carbocycles. The second-order valence-corrected chi connectivity index (χ2v) is 5.47. The van der Waals surface area contributed by atoms with Crippen LogP contribution in [0.15, 0.2) is 18.2 Å². The van der Waals surface area contributed by atoms with Crippen molar-refractivity contribution in [3.63, 3.8) is 0 Å². The second-order valence-electron chi connectivity index (χ2n) is 5.47. The largest absolute Gasteiger partial charge is 0.392 e. The zero-order valence-electron chi connectivity index (χ0n) is 11.7. The molecule has 2 rings (SSSR count). The topological polar surface area (TPSA) is 23.5 Å². The molecule has 1 atom stereocenters. The Morgan fingerprint density at radius 2 is 2.11 bits per heavy atom. The van der Waals surface area contributed by atoms with E-state index in [0.717, 1.165) is 11.5 Å². The van der Waals surface area contributed by atoms with Gasteiger partial charge in [-0.15, -0.1) is 0 Å². The van der Waals surface area contributed by atoms with Gasteiger partial charge >= 0.3 is 0 Å². The molecule has 0 aromatic heterocycles. The van der Waals surface area contributed by atoms with Gasteiger partial charge in [-0.2, -0.15) is 0 Å². The Labute approximate surface area is 111 Å². The first kappa shape index (κ1) is 13.4. The number of rotatable bonds is 3. The summed E-state index contributed by atoms with van der Waals surface area (Å²) < 4.78 is 0. The molecule has 1 unspecified atom stereocenters. The molecule has 2 heteroatoms. The lowest BCUT2D eigenvalue weighted by Crippen LogP contribution is -2.25. The quantitative estimate of drug-likeness (QED) is 0.883. The summed E-state index contributed by atoms with van der Waals surface area (Å²) in [6, 6.07) is 6.33. The number of aryl methyl sites for hydroxylation is 1. The van der Waals surface area contributed by atoms with Crippen molar-refractivity contribution in [2.24, 2.45) is 5.92 Å². The fourth-order valence-electron chi connectivity index (χ4n) is 2.99. The third-order valence-electron chi connectivity index (χ3n) is 4.21. The van der Waals surface area contributed by atoms with Crippen molar-refractivity contribution >= 4 is 5.69 Å². The highest BCUT2D eigenvalue weighted by Gasteiger charge is 2.17. The summed E-state index contributed by atoms with van der Waals surface area (Å²) in [7, 11) is 0. The summed E-state index contributed by atoms with van der Waals surface area (Å²) in [6.45, 7) is 6.95. The minimum Gasteiger partial charge on any atom is -0.392 e. The van der Waals surface area contributed by atoms with E-state index in [-0.39, 0.29) is 6.61 Å². The van der Waals surface area contributed by atoms with E-state index in [4.69, 9.17) is 5.11 Å². The molecule has 1 aromatic rings. The highest BCUT2D eigenvalue weighted by atomic mass is 16.3. The Balaban J connectivity index is 2.11. The molecular formula is C16H25NO. The maximum absolute atomic E-state index is 9.16. The van der Waals surface area contributed by atoms with Gasteiger partial charge in [-0.3, -0.25) is 0 Å². The van der Waals surface area contributed by atoms with Gasteiger partial charge in [0.2, 0.25) is 0 Å². The van der Waals surface area contributed by atoms with Crippen LogP contribution in [-0.4, -0.2) is 18.2 Å². The maximum atomic E-state index is 9.16. The molecule has 0 bridgehead atoms.